The molecule has 0 saturated carbocycles. The summed E-state index contributed by atoms with van der Waals surface area (Å²) in [5.41, 5.74) is 6.56. The normalized spacial score (nSPS) is 15.1. The van der Waals surface area contributed by atoms with Crippen LogP contribution in [0, 0.1) is 6.92 Å². The van der Waals surface area contributed by atoms with Crippen molar-refractivity contribution in [1.82, 2.24) is 4.98 Å². The van der Waals surface area contributed by atoms with Crippen molar-refractivity contribution in [2.45, 2.75) is 19.8 Å². The molecule has 0 fully saturated rings. The Morgan fingerprint density at radius 2 is 1.75 bits per heavy atom. The number of aromatic nitrogens is 1. The van der Waals surface area contributed by atoms with Crippen LogP contribution in [0.3, 0.4) is 0 Å². The Labute approximate surface area is 191 Å². The molecule has 4 aromatic rings. The summed E-state index contributed by atoms with van der Waals surface area (Å²) in [6.45, 7) is 3.93. The van der Waals surface area contributed by atoms with Gasteiger partial charge in [-0.05, 0) is 6.07 Å². The van der Waals surface area contributed by atoms with Gasteiger partial charge in [0.2, 0.25) is 5.91 Å². The first-order chi connectivity index (χ1) is 15.6. The molecule has 0 N–H and O–H groups in total. The van der Waals surface area contributed by atoms with Crippen molar-refractivity contribution < 1.29 is 9.21 Å². The van der Waals surface area contributed by atoms with Gasteiger partial charge in [0, 0.05) is 48.9 Å². The maximum absolute atomic E-state index is 12.4. The molecule has 0 saturated heterocycles. The molecule has 0 aliphatic carbocycles. The minimum Gasteiger partial charge on any atom is -0.439 e. The van der Waals surface area contributed by atoms with Gasteiger partial charge < -0.3 is 9.32 Å². The Kier molecular flexibility index (Phi) is 5.27. The summed E-state index contributed by atoms with van der Waals surface area (Å²) in [5, 5.41) is 0. The molecule has 1 aliphatic rings. The standard InChI is InChI=1S/C26H22ClN3O2/c1-16-28-25-23-20(14-27)15-30(17(2)31)22(23)13-21(26(25)32-16)29-24(18-9-5-3-6-10-18)19-11-7-4-8-12-19/h3-13,20H,14-15H2,1-2H3. The monoisotopic (exact) mass is 443 g/mol. The van der Waals surface area contributed by atoms with Crippen molar-refractivity contribution >= 4 is 45.7 Å². The van der Waals surface area contributed by atoms with Gasteiger partial charge in [-0.15, -0.1) is 11.6 Å². The Morgan fingerprint density at radius 3 is 2.31 bits per heavy atom. The highest BCUT2D eigenvalue weighted by molar-refractivity contribution is 6.19. The number of amides is 1. The van der Waals surface area contributed by atoms with Gasteiger partial charge in [0.25, 0.3) is 0 Å². The highest BCUT2D eigenvalue weighted by atomic mass is 35.5. The van der Waals surface area contributed by atoms with Crippen molar-refractivity contribution in [1.29, 1.82) is 0 Å². The fraction of sp³-hybridized carbons (Fsp3) is 0.192. The van der Waals surface area contributed by atoms with Gasteiger partial charge >= 0.3 is 0 Å². The highest BCUT2D eigenvalue weighted by Gasteiger charge is 2.35. The third-order valence-corrected chi connectivity index (χ3v) is 6.14. The molecule has 5 rings (SSSR count). The Bertz CT molecular complexity index is 1290. The minimum absolute atomic E-state index is 0.00307. The molecule has 160 valence electrons. The van der Waals surface area contributed by atoms with Gasteiger partial charge in [-0.25, -0.2) is 9.98 Å². The first-order valence-corrected chi connectivity index (χ1v) is 11.1. The first-order valence-electron chi connectivity index (χ1n) is 10.5. The molecule has 5 nitrogen and oxygen atoms in total. The third-order valence-electron chi connectivity index (χ3n) is 5.77. The molecule has 6 heteroatoms. The van der Waals surface area contributed by atoms with Crippen LogP contribution < -0.4 is 4.90 Å². The summed E-state index contributed by atoms with van der Waals surface area (Å²) < 4.78 is 6.02. The van der Waals surface area contributed by atoms with Crippen molar-refractivity contribution in [3.05, 3.63) is 89.3 Å². The summed E-state index contributed by atoms with van der Waals surface area (Å²) in [5.74, 6) is 0.933. The average molecular weight is 444 g/mol. The van der Waals surface area contributed by atoms with Gasteiger partial charge in [-0.1, -0.05) is 60.7 Å². The van der Waals surface area contributed by atoms with Gasteiger partial charge in [-0.3, -0.25) is 4.79 Å². The maximum atomic E-state index is 12.4. The smallest absolute Gasteiger partial charge is 0.223 e. The number of aliphatic imine (C=N–C) groups is 1. The van der Waals surface area contributed by atoms with E-state index in [4.69, 9.17) is 21.0 Å². The van der Waals surface area contributed by atoms with E-state index >= 15 is 0 Å². The first kappa shape index (κ1) is 20.5. The van der Waals surface area contributed by atoms with Crippen LogP contribution in [0.5, 0.6) is 0 Å². The van der Waals surface area contributed by atoms with Crippen LogP contribution in [0.25, 0.3) is 11.1 Å². The summed E-state index contributed by atoms with van der Waals surface area (Å²) in [4.78, 5) is 23.9. The van der Waals surface area contributed by atoms with E-state index in [0.717, 1.165) is 33.6 Å². The number of alkyl halides is 1. The number of rotatable bonds is 4. The van der Waals surface area contributed by atoms with Crippen LogP contribution in [0.4, 0.5) is 11.4 Å². The molecular weight excluding hydrogens is 422 g/mol. The van der Waals surface area contributed by atoms with Gasteiger partial charge in [0.05, 0.1) is 11.4 Å². The Hall–Kier alpha value is -3.44. The zero-order chi connectivity index (χ0) is 22.2. The van der Waals surface area contributed by atoms with E-state index in [-0.39, 0.29) is 11.8 Å². The molecule has 1 aliphatic heterocycles. The lowest BCUT2D eigenvalue weighted by atomic mass is 10.00. The van der Waals surface area contributed by atoms with Crippen LogP contribution in [0.1, 0.15) is 35.4 Å². The van der Waals surface area contributed by atoms with Crippen molar-refractivity contribution in [2.24, 2.45) is 4.99 Å². The van der Waals surface area contributed by atoms with E-state index < -0.39 is 0 Å². The zero-order valence-corrected chi connectivity index (χ0v) is 18.6. The number of fused-ring (bicyclic) bond motifs is 3. The van der Waals surface area contributed by atoms with E-state index in [1.165, 1.54) is 0 Å². The molecule has 1 atom stereocenters. The second kappa shape index (κ2) is 8.24. The van der Waals surface area contributed by atoms with Crippen LogP contribution in [0.15, 0.2) is 76.1 Å². The van der Waals surface area contributed by atoms with E-state index in [0.29, 0.717) is 29.6 Å². The van der Waals surface area contributed by atoms with Crippen molar-refractivity contribution in [2.75, 3.05) is 17.3 Å². The average Bonchev–Trinajstić information content (AvgIpc) is 3.38. The number of hydrogen-bond acceptors (Lipinski definition) is 4. The number of anilines is 1. The topological polar surface area (TPSA) is 58.7 Å². The fourth-order valence-corrected chi connectivity index (χ4v) is 4.58. The Balaban J connectivity index is 1.79. The van der Waals surface area contributed by atoms with Crippen LogP contribution in [-0.4, -0.2) is 29.0 Å². The van der Waals surface area contributed by atoms with E-state index in [2.05, 4.69) is 4.98 Å². The molecule has 1 aromatic heterocycles. The number of benzene rings is 3. The van der Waals surface area contributed by atoms with Crippen LogP contribution in [0.2, 0.25) is 0 Å². The van der Waals surface area contributed by atoms with E-state index in [1.807, 2.05) is 73.7 Å². The predicted molar refractivity (Wildman–Crippen MR) is 128 cm³/mol. The number of oxazole rings is 1. The molecule has 32 heavy (non-hydrogen) atoms. The lowest BCUT2D eigenvalue weighted by Crippen LogP contribution is -2.27. The Morgan fingerprint density at radius 1 is 1.12 bits per heavy atom. The fourth-order valence-electron chi connectivity index (χ4n) is 4.33. The number of carbonyl (C=O) groups is 1. The number of nitrogens with zero attached hydrogens (tertiary/aromatic N) is 3. The molecule has 0 spiro atoms. The number of hydrogen-bond donors (Lipinski definition) is 0. The quantitative estimate of drug-likeness (QED) is 0.287. The largest absolute Gasteiger partial charge is 0.439 e. The maximum Gasteiger partial charge on any atom is 0.223 e. The summed E-state index contributed by atoms with van der Waals surface area (Å²) >= 11 is 6.27. The molecule has 1 amide bonds. The number of halogens is 1. The van der Waals surface area contributed by atoms with Crippen molar-refractivity contribution in [3.8, 4) is 0 Å². The number of carbonyl (C=O) groups excluding carboxylic acids is 1. The lowest BCUT2D eigenvalue weighted by Gasteiger charge is -2.15. The zero-order valence-electron chi connectivity index (χ0n) is 17.9. The van der Waals surface area contributed by atoms with Crippen LogP contribution in [-0.2, 0) is 4.79 Å². The second-order valence-electron chi connectivity index (χ2n) is 7.91. The van der Waals surface area contributed by atoms with E-state index in [9.17, 15) is 4.79 Å². The molecular formula is C26H22ClN3O2. The molecule has 2 heterocycles. The lowest BCUT2D eigenvalue weighted by molar-refractivity contribution is -0.116. The predicted octanol–water partition coefficient (Wildman–Crippen LogP) is 5.99. The van der Waals surface area contributed by atoms with Gasteiger partial charge in [0.15, 0.2) is 11.5 Å². The molecule has 3 aromatic carbocycles. The molecule has 0 bridgehead atoms. The summed E-state index contributed by atoms with van der Waals surface area (Å²) in [6, 6.07) is 22.0. The van der Waals surface area contributed by atoms with Gasteiger partial charge in [-0.2, -0.15) is 0 Å². The highest BCUT2D eigenvalue weighted by Crippen LogP contribution is 2.45. The SMILES string of the molecule is CC(=O)N1CC(CCl)c2c1cc(N=C(c1ccccc1)c1ccccc1)c1oc(C)nc21. The van der Waals surface area contributed by atoms with E-state index in [1.54, 1.807) is 11.8 Å². The third kappa shape index (κ3) is 3.49. The second-order valence-corrected chi connectivity index (χ2v) is 8.22. The van der Waals surface area contributed by atoms with Crippen molar-refractivity contribution in [3.63, 3.8) is 0 Å². The number of aryl methyl sites for hydroxylation is 1. The van der Waals surface area contributed by atoms with Crippen LogP contribution >= 0.6 is 11.6 Å². The minimum atomic E-state index is -0.0281. The summed E-state index contributed by atoms with van der Waals surface area (Å²) in [6.07, 6.45) is 0. The summed E-state index contributed by atoms with van der Waals surface area (Å²) in [7, 11) is 0. The molecule has 0 radical (unpaired) electrons. The van der Waals surface area contributed by atoms with Gasteiger partial charge in [0.1, 0.15) is 11.2 Å². The molecule has 1 unspecified atom stereocenters.